The lowest BCUT2D eigenvalue weighted by molar-refractivity contribution is -0.384. The maximum absolute atomic E-state index is 13.8. The third-order valence-corrected chi connectivity index (χ3v) is 2.74. The number of non-ortho nitro benzene ring substituents is 1. The Morgan fingerprint density at radius 1 is 1.30 bits per heavy atom. The van der Waals surface area contributed by atoms with E-state index in [0.29, 0.717) is 5.56 Å². The van der Waals surface area contributed by atoms with E-state index in [4.69, 9.17) is 10.5 Å². The molecule has 0 unspecified atom stereocenters. The summed E-state index contributed by atoms with van der Waals surface area (Å²) in [5, 5.41) is 10.7. The highest BCUT2D eigenvalue weighted by molar-refractivity contribution is 5.44. The summed E-state index contributed by atoms with van der Waals surface area (Å²) in [5.74, 6) is -0.388. The Morgan fingerprint density at radius 3 is 2.65 bits per heavy atom. The SMILES string of the molecule is C[C@H](N)c1cccc(F)c1Oc1cccc([N+](=O)[O-])c1. The molecule has 1 atom stereocenters. The lowest BCUT2D eigenvalue weighted by Gasteiger charge is -2.14. The van der Waals surface area contributed by atoms with Gasteiger partial charge in [0.2, 0.25) is 0 Å². The van der Waals surface area contributed by atoms with Crippen LogP contribution in [0.2, 0.25) is 0 Å². The zero-order valence-corrected chi connectivity index (χ0v) is 10.7. The predicted molar refractivity (Wildman–Crippen MR) is 72.2 cm³/mol. The molecule has 2 N–H and O–H groups in total. The molecule has 0 amide bonds. The molecule has 0 aliphatic carbocycles. The monoisotopic (exact) mass is 276 g/mol. The van der Waals surface area contributed by atoms with Crippen molar-refractivity contribution in [2.45, 2.75) is 13.0 Å². The van der Waals surface area contributed by atoms with E-state index < -0.39 is 16.8 Å². The van der Waals surface area contributed by atoms with E-state index >= 15 is 0 Å². The molecule has 0 heterocycles. The van der Waals surface area contributed by atoms with Gasteiger partial charge in [-0.3, -0.25) is 10.1 Å². The summed E-state index contributed by atoms with van der Waals surface area (Å²) in [4.78, 5) is 10.2. The molecule has 20 heavy (non-hydrogen) atoms. The van der Waals surface area contributed by atoms with Crippen LogP contribution in [-0.2, 0) is 0 Å². The molecule has 0 fully saturated rings. The minimum Gasteiger partial charge on any atom is -0.454 e. The molecule has 0 saturated carbocycles. The van der Waals surface area contributed by atoms with Crippen molar-refractivity contribution in [2.24, 2.45) is 5.73 Å². The first-order valence-corrected chi connectivity index (χ1v) is 5.95. The zero-order chi connectivity index (χ0) is 14.7. The predicted octanol–water partition coefficient (Wildman–Crippen LogP) is 3.55. The molecular formula is C14H13FN2O3. The van der Waals surface area contributed by atoms with E-state index in [9.17, 15) is 14.5 Å². The number of ether oxygens (including phenoxy) is 1. The van der Waals surface area contributed by atoms with Crippen molar-refractivity contribution in [1.82, 2.24) is 0 Å². The van der Waals surface area contributed by atoms with E-state index in [0.717, 1.165) is 0 Å². The fourth-order valence-corrected chi connectivity index (χ4v) is 1.77. The topological polar surface area (TPSA) is 78.4 Å². The average molecular weight is 276 g/mol. The average Bonchev–Trinajstić information content (AvgIpc) is 2.41. The van der Waals surface area contributed by atoms with Crippen molar-refractivity contribution in [3.63, 3.8) is 0 Å². The Balaban J connectivity index is 2.39. The molecule has 0 aromatic heterocycles. The summed E-state index contributed by atoms with van der Waals surface area (Å²) in [6, 6.07) is 9.58. The number of nitro groups is 1. The molecule has 2 aromatic rings. The number of nitrogens with zero attached hydrogens (tertiary/aromatic N) is 1. The third kappa shape index (κ3) is 2.92. The van der Waals surface area contributed by atoms with Crippen LogP contribution in [0.5, 0.6) is 11.5 Å². The summed E-state index contributed by atoms with van der Waals surface area (Å²) in [6.07, 6.45) is 0. The van der Waals surface area contributed by atoms with Crippen LogP contribution in [0.15, 0.2) is 42.5 Å². The summed E-state index contributed by atoms with van der Waals surface area (Å²) >= 11 is 0. The van der Waals surface area contributed by atoms with Gasteiger partial charge in [-0.05, 0) is 19.1 Å². The molecule has 0 aliphatic heterocycles. The fourth-order valence-electron chi connectivity index (χ4n) is 1.77. The molecular weight excluding hydrogens is 263 g/mol. The molecule has 0 radical (unpaired) electrons. The minimum atomic E-state index is -0.564. The lowest BCUT2D eigenvalue weighted by atomic mass is 10.1. The van der Waals surface area contributed by atoms with Crippen molar-refractivity contribution in [3.8, 4) is 11.5 Å². The first-order valence-electron chi connectivity index (χ1n) is 5.95. The fraction of sp³-hybridized carbons (Fsp3) is 0.143. The highest BCUT2D eigenvalue weighted by atomic mass is 19.1. The van der Waals surface area contributed by atoms with Crippen molar-refractivity contribution >= 4 is 5.69 Å². The molecule has 0 aliphatic rings. The maximum atomic E-state index is 13.8. The maximum Gasteiger partial charge on any atom is 0.273 e. The van der Waals surface area contributed by atoms with Gasteiger partial charge in [0.05, 0.1) is 11.0 Å². The number of para-hydroxylation sites is 1. The standard InChI is InChI=1S/C14H13FN2O3/c1-9(16)12-6-3-7-13(15)14(12)20-11-5-2-4-10(8-11)17(18)19/h2-9H,16H2,1H3/t9-/m0/s1. The van der Waals surface area contributed by atoms with Crippen LogP contribution in [-0.4, -0.2) is 4.92 Å². The Morgan fingerprint density at radius 2 is 2.00 bits per heavy atom. The van der Waals surface area contributed by atoms with Crippen LogP contribution in [0.25, 0.3) is 0 Å². The third-order valence-electron chi connectivity index (χ3n) is 2.74. The van der Waals surface area contributed by atoms with Crippen LogP contribution in [0.3, 0.4) is 0 Å². The van der Waals surface area contributed by atoms with Crippen LogP contribution < -0.4 is 10.5 Å². The largest absolute Gasteiger partial charge is 0.454 e. The van der Waals surface area contributed by atoms with Gasteiger partial charge in [0.15, 0.2) is 11.6 Å². The lowest BCUT2D eigenvalue weighted by Crippen LogP contribution is -2.07. The molecule has 104 valence electrons. The minimum absolute atomic E-state index is 0.0111. The molecule has 0 saturated heterocycles. The van der Waals surface area contributed by atoms with Gasteiger partial charge in [-0.1, -0.05) is 18.2 Å². The number of hydrogen-bond donors (Lipinski definition) is 1. The van der Waals surface area contributed by atoms with Crippen molar-refractivity contribution in [3.05, 3.63) is 64.0 Å². The van der Waals surface area contributed by atoms with Gasteiger partial charge in [0.25, 0.3) is 5.69 Å². The van der Waals surface area contributed by atoms with Gasteiger partial charge in [-0.25, -0.2) is 4.39 Å². The van der Waals surface area contributed by atoms with Gasteiger partial charge < -0.3 is 10.5 Å². The van der Waals surface area contributed by atoms with Gasteiger partial charge in [-0.2, -0.15) is 0 Å². The van der Waals surface area contributed by atoms with Gasteiger partial charge in [0, 0.05) is 17.7 Å². The van der Waals surface area contributed by atoms with Gasteiger partial charge in [-0.15, -0.1) is 0 Å². The molecule has 2 aromatic carbocycles. The smallest absolute Gasteiger partial charge is 0.273 e. The quantitative estimate of drug-likeness (QED) is 0.684. The Hall–Kier alpha value is -2.47. The molecule has 2 rings (SSSR count). The number of hydrogen-bond acceptors (Lipinski definition) is 4. The second-order valence-corrected chi connectivity index (χ2v) is 4.30. The van der Waals surface area contributed by atoms with E-state index in [1.807, 2.05) is 0 Å². The van der Waals surface area contributed by atoms with Crippen molar-refractivity contribution in [2.75, 3.05) is 0 Å². The molecule has 5 nitrogen and oxygen atoms in total. The van der Waals surface area contributed by atoms with Crippen LogP contribution in [0.1, 0.15) is 18.5 Å². The van der Waals surface area contributed by atoms with E-state index in [-0.39, 0.29) is 17.2 Å². The number of halogens is 1. The highest BCUT2D eigenvalue weighted by Gasteiger charge is 2.15. The number of nitrogens with two attached hydrogens (primary N) is 1. The van der Waals surface area contributed by atoms with Crippen molar-refractivity contribution < 1.29 is 14.1 Å². The summed E-state index contributed by atoms with van der Waals surface area (Å²) < 4.78 is 19.3. The van der Waals surface area contributed by atoms with Crippen molar-refractivity contribution in [1.29, 1.82) is 0 Å². The highest BCUT2D eigenvalue weighted by Crippen LogP contribution is 2.32. The second kappa shape index (κ2) is 5.66. The van der Waals surface area contributed by atoms with E-state index in [2.05, 4.69) is 0 Å². The van der Waals surface area contributed by atoms with Crippen LogP contribution >= 0.6 is 0 Å². The summed E-state index contributed by atoms with van der Waals surface area (Å²) in [7, 11) is 0. The number of benzene rings is 2. The first kappa shape index (κ1) is 14.0. The Bertz CT molecular complexity index is 644. The normalized spacial score (nSPS) is 11.9. The van der Waals surface area contributed by atoms with Gasteiger partial charge in [0.1, 0.15) is 5.75 Å². The van der Waals surface area contributed by atoms with Crippen LogP contribution in [0.4, 0.5) is 10.1 Å². The van der Waals surface area contributed by atoms with Crippen LogP contribution in [0, 0.1) is 15.9 Å². The summed E-state index contributed by atoms with van der Waals surface area (Å²) in [5.41, 5.74) is 6.13. The molecule has 0 spiro atoms. The Kier molecular flexibility index (Phi) is 3.95. The van der Waals surface area contributed by atoms with E-state index in [1.165, 1.54) is 36.4 Å². The van der Waals surface area contributed by atoms with E-state index in [1.54, 1.807) is 13.0 Å². The molecule has 6 heteroatoms. The second-order valence-electron chi connectivity index (χ2n) is 4.30. The first-order chi connectivity index (χ1) is 9.49. The Labute approximate surface area is 114 Å². The number of rotatable bonds is 4. The van der Waals surface area contributed by atoms with Gasteiger partial charge >= 0.3 is 0 Å². The molecule has 0 bridgehead atoms. The summed E-state index contributed by atoms with van der Waals surface area (Å²) in [6.45, 7) is 1.70. The zero-order valence-electron chi connectivity index (χ0n) is 10.7. The number of nitro benzene ring substituents is 1.